The number of fused-ring (bicyclic) bond motifs is 1. The lowest BCUT2D eigenvalue weighted by atomic mass is 10.1. The van der Waals surface area contributed by atoms with Crippen LogP contribution in [0.1, 0.15) is 0 Å². The van der Waals surface area contributed by atoms with Crippen LogP contribution in [0, 0.1) is 5.82 Å². The number of furan rings is 1. The Morgan fingerprint density at radius 1 is 0.875 bits per heavy atom. The van der Waals surface area contributed by atoms with E-state index in [1.807, 2.05) is 30.3 Å². The van der Waals surface area contributed by atoms with Crippen molar-refractivity contribution in [2.45, 2.75) is 9.79 Å². The molecule has 24 heavy (non-hydrogen) atoms. The molecule has 4 heteroatoms. The number of benzene rings is 3. The average molecular weight is 399 g/mol. The molecule has 0 aliphatic carbocycles. The number of halogens is 2. The van der Waals surface area contributed by atoms with Gasteiger partial charge in [-0.3, -0.25) is 0 Å². The van der Waals surface area contributed by atoms with Gasteiger partial charge in [-0.15, -0.1) is 0 Å². The zero-order valence-electron chi connectivity index (χ0n) is 12.5. The summed E-state index contributed by atoms with van der Waals surface area (Å²) in [6.45, 7) is 0. The molecule has 3 aromatic carbocycles. The molecule has 0 N–H and O–H groups in total. The predicted molar refractivity (Wildman–Crippen MR) is 99.9 cm³/mol. The van der Waals surface area contributed by atoms with E-state index in [2.05, 4.69) is 34.1 Å². The summed E-state index contributed by atoms with van der Waals surface area (Å²) in [5.41, 5.74) is 1.68. The zero-order chi connectivity index (χ0) is 16.5. The normalized spacial score (nSPS) is 11.1. The van der Waals surface area contributed by atoms with E-state index in [1.54, 1.807) is 23.9 Å². The highest BCUT2D eigenvalue weighted by Gasteiger charge is 2.17. The highest BCUT2D eigenvalue weighted by atomic mass is 79.9. The Balaban J connectivity index is 1.91. The molecule has 0 bridgehead atoms. The largest absolute Gasteiger partial charge is 0.455 e. The summed E-state index contributed by atoms with van der Waals surface area (Å²) in [5, 5.41) is 1.04. The van der Waals surface area contributed by atoms with Crippen molar-refractivity contribution in [1.82, 2.24) is 0 Å². The molecule has 0 unspecified atom stereocenters. The van der Waals surface area contributed by atoms with Crippen LogP contribution < -0.4 is 0 Å². The van der Waals surface area contributed by atoms with Crippen LogP contribution in [0.15, 0.2) is 91.5 Å². The standard InChI is InChI=1S/C20H12BrFOS/c21-14-8-11-18-17(12-14)20(24-16-4-2-1-3-5-16)19(23-18)13-6-9-15(22)10-7-13/h1-12H. The summed E-state index contributed by atoms with van der Waals surface area (Å²) >= 11 is 5.18. The monoisotopic (exact) mass is 398 g/mol. The minimum Gasteiger partial charge on any atom is -0.455 e. The Hall–Kier alpha value is -2.04. The summed E-state index contributed by atoms with van der Waals surface area (Å²) in [4.78, 5) is 2.16. The third-order valence-electron chi connectivity index (χ3n) is 3.67. The van der Waals surface area contributed by atoms with Crippen LogP contribution >= 0.6 is 27.7 Å². The van der Waals surface area contributed by atoms with Gasteiger partial charge in [0, 0.05) is 20.3 Å². The number of hydrogen-bond donors (Lipinski definition) is 0. The number of rotatable bonds is 3. The van der Waals surface area contributed by atoms with Crippen molar-refractivity contribution in [1.29, 1.82) is 0 Å². The predicted octanol–water partition coefficient (Wildman–Crippen LogP) is 7.15. The third kappa shape index (κ3) is 2.99. The maximum Gasteiger partial charge on any atom is 0.149 e. The van der Waals surface area contributed by atoms with Crippen molar-refractivity contribution < 1.29 is 8.81 Å². The zero-order valence-corrected chi connectivity index (χ0v) is 14.9. The van der Waals surface area contributed by atoms with Gasteiger partial charge in [-0.1, -0.05) is 45.9 Å². The lowest BCUT2D eigenvalue weighted by Crippen LogP contribution is -1.80. The van der Waals surface area contributed by atoms with Crippen LogP contribution in [0.25, 0.3) is 22.3 Å². The van der Waals surface area contributed by atoms with Crippen LogP contribution in [0.3, 0.4) is 0 Å². The van der Waals surface area contributed by atoms with Crippen LogP contribution in [0.4, 0.5) is 4.39 Å². The van der Waals surface area contributed by atoms with E-state index in [1.165, 1.54) is 12.1 Å². The Morgan fingerprint density at radius 2 is 1.62 bits per heavy atom. The smallest absolute Gasteiger partial charge is 0.149 e. The van der Waals surface area contributed by atoms with E-state index in [0.29, 0.717) is 0 Å². The Kier molecular flexibility index (Phi) is 4.17. The highest BCUT2D eigenvalue weighted by molar-refractivity contribution is 9.10. The minimum absolute atomic E-state index is 0.255. The summed E-state index contributed by atoms with van der Waals surface area (Å²) in [7, 11) is 0. The van der Waals surface area contributed by atoms with E-state index in [-0.39, 0.29) is 5.82 Å². The Labute approximate surface area is 151 Å². The van der Waals surface area contributed by atoms with Gasteiger partial charge in [0.05, 0.1) is 4.90 Å². The van der Waals surface area contributed by atoms with Crippen molar-refractivity contribution in [3.05, 3.63) is 83.1 Å². The molecule has 1 heterocycles. The molecule has 0 radical (unpaired) electrons. The fourth-order valence-electron chi connectivity index (χ4n) is 2.55. The van der Waals surface area contributed by atoms with Crippen LogP contribution in [-0.4, -0.2) is 0 Å². The average Bonchev–Trinajstić information content (AvgIpc) is 2.94. The van der Waals surface area contributed by atoms with E-state index >= 15 is 0 Å². The van der Waals surface area contributed by atoms with E-state index < -0.39 is 0 Å². The lowest BCUT2D eigenvalue weighted by Gasteiger charge is -2.04. The molecule has 0 atom stereocenters. The summed E-state index contributed by atoms with van der Waals surface area (Å²) in [6, 6.07) is 22.5. The van der Waals surface area contributed by atoms with Crippen molar-refractivity contribution in [3.63, 3.8) is 0 Å². The first kappa shape index (κ1) is 15.5. The first-order valence-electron chi connectivity index (χ1n) is 7.41. The molecular weight excluding hydrogens is 387 g/mol. The van der Waals surface area contributed by atoms with E-state index in [4.69, 9.17) is 4.42 Å². The molecule has 0 aliphatic heterocycles. The van der Waals surface area contributed by atoms with Crippen LogP contribution in [-0.2, 0) is 0 Å². The Morgan fingerprint density at radius 3 is 2.38 bits per heavy atom. The molecular formula is C20H12BrFOS. The number of hydrogen-bond acceptors (Lipinski definition) is 2. The summed E-state index contributed by atoms with van der Waals surface area (Å²) < 4.78 is 20.4. The second-order valence-corrected chi connectivity index (χ2v) is 7.32. The topological polar surface area (TPSA) is 13.1 Å². The fourth-order valence-corrected chi connectivity index (χ4v) is 3.96. The summed E-state index contributed by atoms with van der Waals surface area (Å²) in [6.07, 6.45) is 0. The Bertz CT molecular complexity index is 994. The van der Waals surface area contributed by atoms with Gasteiger partial charge in [0.2, 0.25) is 0 Å². The molecule has 4 aromatic rings. The van der Waals surface area contributed by atoms with Gasteiger partial charge in [0.25, 0.3) is 0 Å². The summed E-state index contributed by atoms with van der Waals surface area (Å²) in [5.74, 6) is 0.506. The first-order valence-corrected chi connectivity index (χ1v) is 9.02. The van der Waals surface area contributed by atoms with Gasteiger partial charge in [-0.2, -0.15) is 0 Å². The van der Waals surface area contributed by atoms with E-state index in [9.17, 15) is 4.39 Å². The lowest BCUT2D eigenvalue weighted by molar-refractivity contribution is 0.619. The van der Waals surface area contributed by atoms with Crippen LogP contribution in [0.2, 0.25) is 0 Å². The van der Waals surface area contributed by atoms with Crippen molar-refractivity contribution in [3.8, 4) is 11.3 Å². The molecule has 0 saturated carbocycles. The van der Waals surface area contributed by atoms with Crippen LogP contribution in [0.5, 0.6) is 0 Å². The molecule has 4 rings (SSSR count). The van der Waals surface area contributed by atoms with Gasteiger partial charge in [-0.05, 0) is 54.6 Å². The third-order valence-corrected chi connectivity index (χ3v) is 5.28. The van der Waals surface area contributed by atoms with Gasteiger partial charge in [0.15, 0.2) is 0 Å². The maximum absolute atomic E-state index is 13.3. The molecule has 118 valence electrons. The second kappa shape index (κ2) is 6.46. The van der Waals surface area contributed by atoms with Crippen molar-refractivity contribution in [2.75, 3.05) is 0 Å². The molecule has 1 aromatic heterocycles. The molecule has 1 nitrogen and oxygen atoms in total. The molecule has 0 saturated heterocycles. The molecule has 0 amide bonds. The molecule has 0 aliphatic rings. The van der Waals surface area contributed by atoms with E-state index in [0.717, 1.165) is 36.6 Å². The quantitative estimate of drug-likeness (QED) is 0.363. The van der Waals surface area contributed by atoms with Gasteiger partial charge in [0.1, 0.15) is 17.2 Å². The van der Waals surface area contributed by atoms with Crippen molar-refractivity contribution >= 4 is 38.7 Å². The molecule has 0 fully saturated rings. The highest BCUT2D eigenvalue weighted by Crippen LogP contribution is 2.43. The van der Waals surface area contributed by atoms with Gasteiger partial charge >= 0.3 is 0 Å². The SMILES string of the molecule is Fc1ccc(-c2oc3ccc(Br)cc3c2Sc2ccccc2)cc1. The van der Waals surface area contributed by atoms with Gasteiger partial charge in [-0.25, -0.2) is 4.39 Å². The fraction of sp³-hybridized carbons (Fsp3) is 0. The molecule has 0 spiro atoms. The first-order chi connectivity index (χ1) is 11.7. The maximum atomic E-state index is 13.3. The van der Waals surface area contributed by atoms with Crippen molar-refractivity contribution in [2.24, 2.45) is 0 Å². The second-order valence-electron chi connectivity index (χ2n) is 5.32. The minimum atomic E-state index is -0.255. The van der Waals surface area contributed by atoms with Gasteiger partial charge < -0.3 is 4.42 Å².